The lowest BCUT2D eigenvalue weighted by Crippen LogP contribution is -2.42. The molecule has 1 aliphatic heterocycles. The molecule has 0 radical (unpaired) electrons. The predicted octanol–water partition coefficient (Wildman–Crippen LogP) is 1.25. The van der Waals surface area contributed by atoms with Crippen LogP contribution in [-0.2, 0) is 4.79 Å². The number of unbranched alkanes of at least 4 members (excludes halogenated alkanes) is 1. The summed E-state index contributed by atoms with van der Waals surface area (Å²) in [4.78, 5) is 11.4. The summed E-state index contributed by atoms with van der Waals surface area (Å²) in [5.41, 5.74) is 8.63. The van der Waals surface area contributed by atoms with Crippen molar-refractivity contribution in [3.05, 3.63) is 41.7 Å². The number of carbonyl (C=O) groups is 1. The average Bonchev–Trinajstić information content (AvgIpc) is 2.72. The van der Waals surface area contributed by atoms with Crippen molar-refractivity contribution in [3.8, 4) is 0 Å². The molecule has 108 valence electrons. The van der Waals surface area contributed by atoms with Crippen LogP contribution >= 0.6 is 0 Å². The third-order valence-corrected chi connectivity index (χ3v) is 3.60. The summed E-state index contributed by atoms with van der Waals surface area (Å²) < 4.78 is 0. The molecule has 0 amide bonds. The Bertz CT molecular complexity index is 487. The Hall–Kier alpha value is -2.01. The second-order valence-electron chi connectivity index (χ2n) is 4.87. The Balaban J connectivity index is 2.23. The van der Waals surface area contributed by atoms with Crippen LogP contribution in [0.25, 0.3) is 0 Å². The Morgan fingerprint density at radius 1 is 1.30 bits per heavy atom. The molecule has 0 saturated carbocycles. The molecule has 1 aromatic rings. The lowest BCUT2D eigenvalue weighted by Gasteiger charge is -2.32. The van der Waals surface area contributed by atoms with E-state index in [0.717, 1.165) is 36.9 Å². The van der Waals surface area contributed by atoms with Crippen molar-refractivity contribution in [3.63, 3.8) is 0 Å². The summed E-state index contributed by atoms with van der Waals surface area (Å²) in [6.07, 6.45) is 3.22. The van der Waals surface area contributed by atoms with Crippen LogP contribution in [0.3, 0.4) is 0 Å². The van der Waals surface area contributed by atoms with Gasteiger partial charge >= 0.3 is 0 Å². The molecule has 2 rings (SSSR count). The van der Waals surface area contributed by atoms with Crippen LogP contribution in [0.1, 0.15) is 19.3 Å². The maximum Gasteiger partial charge on any atom is 0.150 e. The Morgan fingerprint density at radius 2 is 2.00 bits per heavy atom. The maximum atomic E-state index is 11.4. The zero-order chi connectivity index (χ0) is 14.5. The van der Waals surface area contributed by atoms with Crippen molar-refractivity contribution in [1.29, 1.82) is 0 Å². The van der Waals surface area contributed by atoms with E-state index in [0.29, 0.717) is 5.70 Å². The summed E-state index contributed by atoms with van der Waals surface area (Å²) in [5, 5.41) is 12.7. The van der Waals surface area contributed by atoms with E-state index in [4.69, 9.17) is 10.8 Å². The van der Waals surface area contributed by atoms with Gasteiger partial charge in [-0.25, -0.2) is 0 Å². The lowest BCUT2D eigenvalue weighted by molar-refractivity contribution is -0.108. The predicted molar refractivity (Wildman–Crippen MR) is 78.7 cm³/mol. The molecule has 0 bridgehead atoms. The highest BCUT2D eigenvalue weighted by atomic mass is 16.2. The normalized spacial score (nSPS) is 18.8. The van der Waals surface area contributed by atoms with E-state index in [2.05, 4.69) is 0 Å². The van der Waals surface area contributed by atoms with E-state index in [1.165, 1.54) is 0 Å². The lowest BCUT2D eigenvalue weighted by atomic mass is 10.1. The molecule has 1 atom stereocenters. The second kappa shape index (κ2) is 6.43. The number of nitrogens with zero attached hydrogens (tertiary/aromatic N) is 2. The molecular weight excluding hydrogens is 254 g/mol. The first-order valence-corrected chi connectivity index (χ1v) is 6.83. The SMILES string of the molecule is CN1C(CCCCO)=C(N)C(C=O)N1c1ccccc1. The number of allylic oxidation sites excluding steroid dienone is 1. The van der Waals surface area contributed by atoms with E-state index in [-0.39, 0.29) is 6.61 Å². The molecule has 0 saturated heterocycles. The largest absolute Gasteiger partial charge is 0.398 e. The van der Waals surface area contributed by atoms with Crippen molar-refractivity contribution >= 4 is 12.0 Å². The minimum atomic E-state index is -0.452. The zero-order valence-corrected chi connectivity index (χ0v) is 11.7. The van der Waals surface area contributed by atoms with Gasteiger partial charge in [-0.05, 0) is 31.4 Å². The second-order valence-corrected chi connectivity index (χ2v) is 4.87. The quantitative estimate of drug-likeness (QED) is 0.604. The van der Waals surface area contributed by atoms with Crippen LogP contribution in [0, 0.1) is 0 Å². The van der Waals surface area contributed by atoms with Gasteiger partial charge < -0.3 is 15.6 Å². The van der Waals surface area contributed by atoms with E-state index in [1.807, 2.05) is 47.4 Å². The van der Waals surface area contributed by atoms with Gasteiger partial charge in [-0.3, -0.25) is 10.0 Å². The van der Waals surface area contributed by atoms with Crippen LogP contribution in [0.5, 0.6) is 0 Å². The van der Waals surface area contributed by atoms with Gasteiger partial charge in [-0.1, -0.05) is 18.2 Å². The van der Waals surface area contributed by atoms with Gasteiger partial charge in [-0.2, -0.15) is 0 Å². The molecule has 3 N–H and O–H groups in total. The average molecular weight is 275 g/mol. The fraction of sp³-hybridized carbons (Fsp3) is 0.400. The van der Waals surface area contributed by atoms with E-state index >= 15 is 0 Å². The molecule has 0 fully saturated rings. The molecule has 5 heteroatoms. The highest BCUT2D eigenvalue weighted by Gasteiger charge is 2.35. The number of carbonyl (C=O) groups excluding carboxylic acids is 1. The number of aliphatic hydroxyl groups is 1. The molecule has 5 nitrogen and oxygen atoms in total. The van der Waals surface area contributed by atoms with Crippen molar-refractivity contribution in [2.75, 3.05) is 18.7 Å². The van der Waals surface area contributed by atoms with Crippen molar-refractivity contribution < 1.29 is 9.90 Å². The van der Waals surface area contributed by atoms with Gasteiger partial charge in [-0.15, -0.1) is 0 Å². The van der Waals surface area contributed by atoms with Gasteiger partial charge in [0.2, 0.25) is 0 Å². The summed E-state index contributed by atoms with van der Waals surface area (Å²) in [7, 11) is 1.91. The molecule has 20 heavy (non-hydrogen) atoms. The molecule has 1 aliphatic rings. The minimum Gasteiger partial charge on any atom is -0.398 e. The first-order chi connectivity index (χ1) is 9.70. The van der Waals surface area contributed by atoms with Crippen LogP contribution in [-0.4, -0.2) is 36.1 Å². The van der Waals surface area contributed by atoms with Crippen molar-refractivity contribution in [2.45, 2.75) is 25.3 Å². The number of rotatable bonds is 6. The van der Waals surface area contributed by atoms with Crippen LogP contribution < -0.4 is 10.7 Å². The third kappa shape index (κ3) is 2.63. The number of nitrogens with two attached hydrogens (primary N) is 1. The first-order valence-electron chi connectivity index (χ1n) is 6.83. The number of anilines is 1. The minimum absolute atomic E-state index is 0.177. The third-order valence-electron chi connectivity index (χ3n) is 3.60. The van der Waals surface area contributed by atoms with E-state index < -0.39 is 6.04 Å². The number of aldehydes is 1. The highest BCUT2D eigenvalue weighted by Crippen LogP contribution is 2.32. The number of para-hydroxylation sites is 1. The van der Waals surface area contributed by atoms with Gasteiger partial charge in [0, 0.05) is 13.7 Å². The summed E-state index contributed by atoms with van der Waals surface area (Å²) in [6.45, 7) is 0.177. The Labute approximate surface area is 119 Å². The Morgan fingerprint density at radius 3 is 2.60 bits per heavy atom. The van der Waals surface area contributed by atoms with E-state index in [9.17, 15) is 4.79 Å². The van der Waals surface area contributed by atoms with Gasteiger partial charge in [0.25, 0.3) is 0 Å². The molecule has 1 heterocycles. The van der Waals surface area contributed by atoms with Crippen molar-refractivity contribution in [2.24, 2.45) is 5.73 Å². The van der Waals surface area contributed by atoms with Crippen LogP contribution in [0.4, 0.5) is 5.69 Å². The van der Waals surface area contributed by atoms with Crippen molar-refractivity contribution in [1.82, 2.24) is 5.01 Å². The maximum absolute atomic E-state index is 11.4. The van der Waals surface area contributed by atoms with Crippen LogP contribution in [0.2, 0.25) is 0 Å². The fourth-order valence-corrected chi connectivity index (χ4v) is 2.56. The first kappa shape index (κ1) is 14.4. The molecule has 0 spiro atoms. The molecule has 0 aromatic heterocycles. The molecule has 1 unspecified atom stereocenters. The summed E-state index contributed by atoms with van der Waals surface area (Å²) >= 11 is 0. The Kier molecular flexibility index (Phi) is 4.63. The zero-order valence-electron chi connectivity index (χ0n) is 11.7. The molecule has 0 aliphatic carbocycles. The topological polar surface area (TPSA) is 69.8 Å². The number of benzene rings is 1. The number of hydrogen-bond acceptors (Lipinski definition) is 5. The van der Waals surface area contributed by atoms with Gasteiger partial charge in [0.15, 0.2) is 6.29 Å². The number of aliphatic hydroxyl groups excluding tert-OH is 1. The van der Waals surface area contributed by atoms with E-state index in [1.54, 1.807) is 0 Å². The fourth-order valence-electron chi connectivity index (χ4n) is 2.56. The summed E-state index contributed by atoms with van der Waals surface area (Å²) in [6, 6.07) is 9.27. The smallest absolute Gasteiger partial charge is 0.150 e. The van der Waals surface area contributed by atoms with Gasteiger partial charge in [0.1, 0.15) is 6.04 Å². The number of hydrazine groups is 1. The summed E-state index contributed by atoms with van der Waals surface area (Å²) in [5.74, 6) is 0. The van der Waals surface area contributed by atoms with Gasteiger partial charge in [0.05, 0.1) is 17.1 Å². The number of hydrogen-bond donors (Lipinski definition) is 2. The standard InChI is InChI=1S/C15H21N3O2/c1-17-13(9-5-6-10-19)15(16)14(11-20)18(17)12-7-3-2-4-8-12/h2-4,7-8,11,14,19H,5-6,9-10,16H2,1H3. The molecular formula is C15H21N3O2. The highest BCUT2D eigenvalue weighted by molar-refractivity contribution is 5.72. The monoisotopic (exact) mass is 275 g/mol. The molecule has 1 aromatic carbocycles. The van der Waals surface area contributed by atoms with Crippen LogP contribution in [0.15, 0.2) is 41.7 Å².